The topological polar surface area (TPSA) is 85.3 Å². The van der Waals surface area contributed by atoms with Gasteiger partial charge in [0.1, 0.15) is 5.82 Å². The number of hydrogen-bond acceptors (Lipinski definition) is 5. The largest absolute Gasteiger partial charge is 0.357 e. The Morgan fingerprint density at radius 1 is 1.10 bits per heavy atom. The van der Waals surface area contributed by atoms with Gasteiger partial charge in [-0.1, -0.05) is 12.1 Å². The van der Waals surface area contributed by atoms with Crippen LogP contribution in [-0.2, 0) is 6.42 Å². The fourth-order valence-corrected chi connectivity index (χ4v) is 3.55. The molecule has 8 nitrogen and oxygen atoms in total. The number of guanidine groups is 1. The molecule has 1 saturated heterocycles. The SMILES string of the molecule is CCNC(=NCCCc1nc2ccccc2[nH]1)N1CCN(c2ncccn2)CC1.I. The number of aryl methyl sites for hydroxylation is 1. The van der Waals surface area contributed by atoms with Gasteiger partial charge in [-0.05, 0) is 31.5 Å². The molecular formula is C21H29IN8. The van der Waals surface area contributed by atoms with Gasteiger partial charge in [0.25, 0.3) is 0 Å². The van der Waals surface area contributed by atoms with Crippen LogP contribution in [0.5, 0.6) is 0 Å². The maximum absolute atomic E-state index is 4.84. The third-order valence-electron chi connectivity index (χ3n) is 5.02. The molecule has 30 heavy (non-hydrogen) atoms. The van der Waals surface area contributed by atoms with Crippen LogP contribution in [-0.4, -0.2) is 70.1 Å². The van der Waals surface area contributed by atoms with Crippen molar-refractivity contribution in [1.29, 1.82) is 0 Å². The molecule has 0 bridgehead atoms. The normalized spacial score (nSPS) is 14.6. The van der Waals surface area contributed by atoms with E-state index in [0.29, 0.717) is 0 Å². The Bertz CT molecular complexity index is 901. The Morgan fingerprint density at radius 2 is 1.87 bits per heavy atom. The minimum Gasteiger partial charge on any atom is -0.357 e. The van der Waals surface area contributed by atoms with E-state index in [2.05, 4.69) is 48.0 Å². The molecule has 0 aliphatic carbocycles. The molecule has 0 unspecified atom stereocenters. The molecule has 0 atom stereocenters. The highest BCUT2D eigenvalue weighted by atomic mass is 127. The van der Waals surface area contributed by atoms with Crippen molar-refractivity contribution in [3.8, 4) is 0 Å². The summed E-state index contributed by atoms with van der Waals surface area (Å²) in [5.41, 5.74) is 2.12. The fraction of sp³-hybridized carbons (Fsp3) is 0.429. The minimum atomic E-state index is 0. The van der Waals surface area contributed by atoms with E-state index >= 15 is 0 Å². The van der Waals surface area contributed by atoms with Crippen LogP contribution >= 0.6 is 24.0 Å². The van der Waals surface area contributed by atoms with Crippen LogP contribution in [0.1, 0.15) is 19.2 Å². The average molecular weight is 520 g/mol. The van der Waals surface area contributed by atoms with Crippen molar-refractivity contribution in [2.75, 3.05) is 44.2 Å². The van der Waals surface area contributed by atoms with Gasteiger partial charge in [-0.25, -0.2) is 15.0 Å². The molecule has 2 aromatic heterocycles. The van der Waals surface area contributed by atoms with E-state index in [0.717, 1.165) is 80.9 Å². The summed E-state index contributed by atoms with van der Waals surface area (Å²) in [6.45, 7) is 7.37. The van der Waals surface area contributed by atoms with Gasteiger partial charge >= 0.3 is 0 Å². The highest BCUT2D eigenvalue weighted by Crippen LogP contribution is 2.12. The molecule has 160 valence electrons. The summed E-state index contributed by atoms with van der Waals surface area (Å²) in [6, 6.07) is 10.00. The van der Waals surface area contributed by atoms with Gasteiger partial charge in [-0.15, -0.1) is 24.0 Å². The van der Waals surface area contributed by atoms with Crippen molar-refractivity contribution in [3.05, 3.63) is 48.5 Å². The second-order valence-electron chi connectivity index (χ2n) is 7.06. The lowest BCUT2D eigenvalue weighted by atomic mass is 10.3. The van der Waals surface area contributed by atoms with Crippen LogP contribution in [0, 0.1) is 0 Å². The van der Waals surface area contributed by atoms with Crippen molar-refractivity contribution >= 4 is 46.9 Å². The Balaban J connectivity index is 0.00000256. The molecule has 3 heterocycles. The molecule has 0 saturated carbocycles. The number of aromatic amines is 1. The third kappa shape index (κ3) is 5.59. The lowest BCUT2D eigenvalue weighted by molar-refractivity contribution is 0.370. The summed E-state index contributed by atoms with van der Waals surface area (Å²) in [4.78, 5) is 26.1. The summed E-state index contributed by atoms with van der Waals surface area (Å²) in [5.74, 6) is 2.83. The zero-order valence-electron chi connectivity index (χ0n) is 17.3. The predicted octanol–water partition coefficient (Wildman–Crippen LogP) is 2.69. The standard InChI is InChI=1S/C21H28N8.HI/c1-2-22-20(28-13-15-29(16-14-28)21-24-11-6-12-25-21)23-10-5-9-19-26-17-7-3-4-8-18(17)27-19;/h3-4,6-8,11-12H,2,5,9-10,13-16H2,1H3,(H,22,23)(H,26,27);1H. The summed E-state index contributed by atoms with van der Waals surface area (Å²) in [7, 11) is 0. The first-order chi connectivity index (χ1) is 14.3. The zero-order chi connectivity index (χ0) is 19.9. The summed E-state index contributed by atoms with van der Waals surface area (Å²) in [5, 5.41) is 3.43. The minimum absolute atomic E-state index is 0. The van der Waals surface area contributed by atoms with Gasteiger partial charge in [0, 0.05) is 58.1 Å². The third-order valence-corrected chi connectivity index (χ3v) is 5.02. The van der Waals surface area contributed by atoms with Crippen molar-refractivity contribution < 1.29 is 0 Å². The van der Waals surface area contributed by atoms with E-state index in [4.69, 9.17) is 4.99 Å². The summed E-state index contributed by atoms with van der Waals surface area (Å²) < 4.78 is 0. The highest BCUT2D eigenvalue weighted by molar-refractivity contribution is 14.0. The molecule has 1 aliphatic rings. The molecule has 0 amide bonds. The monoisotopic (exact) mass is 520 g/mol. The molecule has 2 N–H and O–H groups in total. The molecule has 9 heteroatoms. The number of rotatable bonds is 6. The van der Waals surface area contributed by atoms with E-state index in [1.807, 2.05) is 24.3 Å². The first kappa shape index (κ1) is 22.3. The fourth-order valence-electron chi connectivity index (χ4n) is 3.55. The van der Waals surface area contributed by atoms with Gasteiger partial charge < -0.3 is 20.1 Å². The predicted molar refractivity (Wildman–Crippen MR) is 132 cm³/mol. The number of anilines is 1. The number of aliphatic imine (C=N–C) groups is 1. The van der Waals surface area contributed by atoms with Crippen LogP contribution < -0.4 is 10.2 Å². The number of piperazine rings is 1. The van der Waals surface area contributed by atoms with E-state index in [-0.39, 0.29) is 24.0 Å². The van der Waals surface area contributed by atoms with Crippen molar-refractivity contribution in [2.45, 2.75) is 19.8 Å². The lowest BCUT2D eigenvalue weighted by Gasteiger charge is -2.36. The average Bonchev–Trinajstić information content (AvgIpc) is 3.19. The van der Waals surface area contributed by atoms with Crippen molar-refractivity contribution in [2.24, 2.45) is 4.99 Å². The van der Waals surface area contributed by atoms with Crippen molar-refractivity contribution in [3.63, 3.8) is 0 Å². The molecule has 4 rings (SSSR count). The highest BCUT2D eigenvalue weighted by Gasteiger charge is 2.20. The van der Waals surface area contributed by atoms with Crippen LogP contribution in [0.25, 0.3) is 11.0 Å². The van der Waals surface area contributed by atoms with E-state index in [9.17, 15) is 0 Å². The second-order valence-corrected chi connectivity index (χ2v) is 7.06. The Hall–Kier alpha value is -2.43. The number of hydrogen-bond donors (Lipinski definition) is 2. The Kier molecular flexibility index (Phi) is 8.23. The molecular weight excluding hydrogens is 491 g/mol. The Labute approximate surface area is 194 Å². The number of benzene rings is 1. The zero-order valence-corrected chi connectivity index (χ0v) is 19.6. The summed E-state index contributed by atoms with van der Waals surface area (Å²) >= 11 is 0. The second kappa shape index (κ2) is 11.1. The van der Waals surface area contributed by atoms with Crippen LogP contribution in [0.4, 0.5) is 5.95 Å². The van der Waals surface area contributed by atoms with Gasteiger partial charge in [0.2, 0.25) is 5.95 Å². The van der Waals surface area contributed by atoms with Crippen LogP contribution in [0.2, 0.25) is 0 Å². The maximum atomic E-state index is 4.84. The number of imidazole rings is 1. The first-order valence-electron chi connectivity index (χ1n) is 10.3. The number of fused-ring (bicyclic) bond motifs is 1. The molecule has 0 radical (unpaired) electrons. The molecule has 1 aromatic carbocycles. The number of nitrogens with zero attached hydrogens (tertiary/aromatic N) is 6. The number of para-hydroxylation sites is 2. The molecule has 3 aromatic rings. The molecule has 1 aliphatic heterocycles. The van der Waals surface area contributed by atoms with E-state index < -0.39 is 0 Å². The molecule has 0 spiro atoms. The lowest BCUT2D eigenvalue weighted by Crippen LogP contribution is -2.53. The van der Waals surface area contributed by atoms with Crippen molar-refractivity contribution in [1.82, 2.24) is 30.2 Å². The molecule has 1 fully saturated rings. The van der Waals surface area contributed by atoms with Gasteiger partial charge in [-0.2, -0.15) is 0 Å². The Morgan fingerprint density at radius 3 is 2.60 bits per heavy atom. The smallest absolute Gasteiger partial charge is 0.225 e. The number of nitrogens with one attached hydrogen (secondary N) is 2. The number of aromatic nitrogens is 4. The van der Waals surface area contributed by atoms with E-state index in [1.54, 1.807) is 12.4 Å². The number of halogens is 1. The van der Waals surface area contributed by atoms with Crippen LogP contribution in [0.3, 0.4) is 0 Å². The maximum Gasteiger partial charge on any atom is 0.225 e. The quantitative estimate of drug-likeness (QED) is 0.225. The first-order valence-corrected chi connectivity index (χ1v) is 10.3. The van der Waals surface area contributed by atoms with Gasteiger partial charge in [-0.3, -0.25) is 4.99 Å². The van der Waals surface area contributed by atoms with Gasteiger partial charge in [0.05, 0.1) is 11.0 Å². The van der Waals surface area contributed by atoms with Gasteiger partial charge in [0.15, 0.2) is 5.96 Å². The van der Waals surface area contributed by atoms with E-state index in [1.165, 1.54) is 0 Å². The summed E-state index contributed by atoms with van der Waals surface area (Å²) in [6.07, 6.45) is 5.45. The van der Waals surface area contributed by atoms with Crippen LogP contribution in [0.15, 0.2) is 47.7 Å². The number of H-pyrrole nitrogens is 1.